The molecule has 1 aromatic carbocycles. The van der Waals surface area contributed by atoms with Gasteiger partial charge in [0.25, 0.3) is 0 Å². The molecule has 9 nitrogen and oxygen atoms in total. The average molecular weight is 426 g/mol. The van der Waals surface area contributed by atoms with Crippen LogP contribution in [0.15, 0.2) is 47.7 Å². The molecule has 0 amide bonds. The van der Waals surface area contributed by atoms with Crippen molar-refractivity contribution < 1.29 is 4.92 Å². The van der Waals surface area contributed by atoms with Gasteiger partial charge in [-0.05, 0) is 37.3 Å². The molecule has 0 radical (unpaired) electrons. The number of piperidine rings is 2. The Balaban J connectivity index is 1.29. The van der Waals surface area contributed by atoms with Gasteiger partial charge in [0.2, 0.25) is 0 Å². The van der Waals surface area contributed by atoms with E-state index in [0.717, 1.165) is 32.0 Å². The number of rotatable bonds is 6. The Morgan fingerprint density at radius 2 is 2.13 bits per heavy atom. The number of nitrogens with one attached hydrogen (secondary N) is 1. The van der Waals surface area contributed by atoms with Crippen molar-refractivity contribution in [3.8, 4) is 0 Å². The number of fused-ring (bicyclic) bond motifs is 1. The van der Waals surface area contributed by atoms with E-state index in [9.17, 15) is 10.1 Å². The molecule has 2 unspecified atom stereocenters. The molecule has 2 aliphatic heterocycles. The van der Waals surface area contributed by atoms with Crippen LogP contribution in [0.25, 0.3) is 0 Å². The fraction of sp³-hybridized carbons (Fsp3) is 0.545. The van der Waals surface area contributed by atoms with Crippen LogP contribution in [-0.2, 0) is 13.1 Å². The third kappa shape index (κ3) is 5.22. The maximum absolute atomic E-state index is 10.8. The minimum atomic E-state index is -0.425. The smallest absolute Gasteiger partial charge is 0.306 e. The zero-order valence-electron chi connectivity index (χ0n) is 18.1. The second-order valence-corrected chi connectivity index (χ2v) is 8.35. The van der Waals surface area contributed by atoms with Crippen molar-refractivity contribution in [2.24, 2.45) is 10.9 Å². The number of nitro groups is 1. The lowest BCUT2D eigenvalue weighted by Crippen LogP contribution is -2.56. The first-order valence-corrected chi connectivity index (χ1v) is 11.0. The maximum atomic E-state index is 10.8. The van der Waals surface area contributed by atoms with Crippen molar-refractivity contribution in [1.82, 2.24) is 24.9 Å². The first-order valence-electron chi connectivity index (χ1n) is 11.0. The summed E-state index contributed by atoms with van der Waals surface area (Å²) in [7, 11) is 1.82. The predicted molar refractivity (Wildman–Crippen MR) is 120 cm³/mol. The number of likely N-dealkylation sites (tertiary alicyclic amines) is 2. The lowest BCUT2D eigenvalue weighted by Gasteiger charge is -2.48. The molecule has 2 saturated heterocycles. The molecule has 1 N–H and O–H groups in total. The van der Waals surface area contributed by atoms with Gasteiger partial charge in [0.05, 0.1) is 11.5 Å². The summed E-state index contributed by atoms with van der Waals surface area (Å²) in [6.07, 6.45) is 6.39. The highest BCUT2D eigenvalue weighted by Gasteiger charge is 2.36. The summed E-state index contributed by atoms with van der Waals surface area (Å²) < 4.78 is 1.59. The van der Waals surface area contributed by atoms with E-state index in [2.05, 4.69) is 55.5 Å². The average Bonchev–Trinajstić information content (AvgIpc) is 3.27. The minimum Gasteiger partial charge on any atom is -0.354 e. The van der Waals surface area contributed by atoms with E-state index in [0.29, 0.717) is 25.0 Å². The SMILES string of the molecule is CN=C(NCCn1cc([N+](=O)[O-])cn1)N1CCC2C(CCCN2Cc2ccccc2)C1. The lowest BCUT2D eigenvalue weighted by atomic mass is 9.83. The molecule has 2 atom stereocenters. The summed E-state index contributed by atoms with van der Waals surface area (Å²) >= 11 is 0. The molecule has 0 saturated carbocycles. The molecule has 0 bridgehead atoms. The number of benzene rings is 1. The number of hydrogen-bond donors (Lipinski definition) is 1. The van der Waals surface area contributed by atoms with E-state index in [4.69, 9.17) is 0 Å². The summed E-state index contributed by atoms with van der Waals surface area (Å²) in [6, 6.07) is 11.4. The fourth-order valence-corrected chi connectivity index (χ4v) is 4.90. The van der Waals surface area contributed by atoms with Gasteiger partial charge in [0.15, 0.2) is 5.96 Å². The van der Waals surface area contributed by atoms with E-state index in [1.54, 1.807) is 4.68 Å². The van der Waals surface area contributed by atoms with Gasteiger partial charge in [-0.1, -0.05) is 30.3 Å². The Labute approximate surface area is 182 Å². The van der Waals surface area contributed by atoms with Crippen molar-refractivity contribution in [1.29, 1.82) is 0 Å². The minimum absolute atomic E-state index is 0.0174. The molecular weight excluding hydrogens is 394 g/mol. The van der Waals surface area contributed by atoms with E-state index in [1.807, 2.05) is 7.05 Å². The molecule has 3 heterocycles. The van der Waals surface area contributed by atoms with Crippen molar-refractivity contribution in [3.63, 3.8) is 0 Å². The van der Waals surface area contributed by atoms with E-state index < -0.39 is 4.92 Å². The number of nitrogens with zero attached hydrogens (tertiary/aromatic N) is 6. The molecular formula is C22H31N7O2. The van der Waals surface area contributed by atoms with E-state index in [-0.39, 0.29) is 5.69 Å². The molecule has 166 valence electrons. The normalized spacial score (nSPS) is 22.2. The fourth-order valence-electron chi connectivity index (χ4n) is 4.90. The Morgan fingerprint density at radius 3 is 2.87 bits per heavy atom. The maximum Gasteiger partial charge on any atom is 0.306 e. The van der Waals surface area contributed by atoms with Gasteiger partial charge < -0.3 is 10.2 Å². The van der Waals surface area contributed by atoms with Crippen LogP contribution in [0.4, 0.5) is 5.69 Å². The Kier molecular flexibility index (Phi) is 6.81. The van der Waals surface area contributed by atoms with Gasteiger partial charge in [-0.3, -0.25) is 24.7 Å². The van der Waals surface area contributed by atoms with Crippen LogP contribution in [0.2, 0.25) is 0 Å². The summed E-state index contributed by atoms with van der Waals surface area (Å²) in [5, 5.41) is 18.2. The third-order valence-corrected chi connectivity index (χ3v) is 6.38. The van der Waals surface area contributed by atoms with Crippen LogP contribution in [0.5, 0.6) is 0 Å². The Morgan fingerprint density at radius 1 is 1.29 bits per heavy atom. The van der Waals surface area contributed by atoms with Gasteiger partial charge in [-0.2, -0.15) is 5.10 Å². The van der Waals surface area contributed by atoms with Gasteiger partial charge in [0.1, 0.15) is 12.4 Å². The second kappa shape index (κ2) is 9.91. The third-order valence-electron chi connectivity index (χ3n) is 6.38. The van der Waals surface area contributed by atoms with Gasteiger partial charge >= 0.3 is 5.69 Å². The lowest BCUT2D eigenvalue weighted by molar-refractivity contribution is -0.385. The highest BCUT2D eigenvalue weighted by molar-refractivity contribution is 5.80. The van der Waals surface area contributed by atoms with Crippen molar-refractivity contribution in [2.45, 2.75) is 38.4 Å². The van der Waals surface area contributed by atoms with Crippen LogP contribution in [-0.4, -0.2) is 69.7 Å². The summed E-state index contributed by atoms with van der Waals surface area (Å²) in [6.45, 7) is 5.39. The molecule has 31 heavy (non-hydrogen) atoms. The van der Waals surface area contributed by atoms with E-state index >= 15 is 0 Å². The number of guanidine groups is 1. The number of aliphatic imine (C=N–C) groups is 1. The summed E-state index contributed by atoms with van der Waals surface area (Å²) in [4.78, 5) is 19.9. The zero-order valence-corrected chi connectivity index (χ0v) is 18.1. The van der Waals surface area contributed by atoms with Crippen LogP contribution in [0, 0.1) is 16.0 Å². The first-order chi connectivity index (χ1) is 15.1. The number of hydrogen-bond acceptors (Lipinski definition) is 5. The van der Waals surface area contributed by atoms with Crippen molar-refractivity contribution >= 4 is 11.6 Å². The predicted octanol–water partition coefficient (Wildman–Crippen LogP) is 2.35. The Bertz CT molecular complexity index is 898. The molecule has 2 fully saturated rings. The highest BCUT2D eigenvalue weighted by Crippen LogP contribution is 2.31. The molecule has 2 aliphatic rings. The largest absolute Gasteiger partial charge is 0.354 e. The molecule has 0 spiro atoms. The highest BCUT2D eigenvalue weighted by atomic mass is 16.6. The van der Waals surface area contributed by atoms with Crippen LogP contribution < -0.4 is 5.32 Å². The monoisotopic (exact) mass is 425 g/mol. The topological polar surface area (TPSA) is 91.8 Å². The van der Waals surface area contributed by atoms with Gasteiger partial charge in [0, 0.05) is 39.3 Å². The van der Waals surface area contributed by atoms with Crippen molar-refractivity contribution in [3.05, 3.63) is 58.4 Å². The second-order valence-electron chi connectivity index (χ2n) is 8.35. The molecule has 1 aromatic heterocycles. The standard InChI is InChI=1S/C22H31N7O2/c1-23-22(24-10-13-28-17-20(14-25-28)29(30)31)27-12-9-21-19(16-27)8-5-11-26(21)15-18-6-3-2-4-7-18/h2-4,6-7,14,17,19,21H,5,8-13,15-16H2,1H3,(H,23,24). The van der Waals surface area contributed by atoms with Crippen LogP contribution in [0.1, 0.15) is 24.8 Å². The summed E-state index contributed by atoms with van der Waals surface area (Å²) in [5.41, 5.74) is 1.41. The van der Waals surface area contributed by atoms with Gasteiger partial charge in [-0.25, -0.2) is 0 Å². The quantitative estimate of drug-likeness (QED) is 0.331. The first kappa shape index (κ1) is 21.3. The van der Waals surface area contributed by atoms with Crippen LogP contribution in [0.3, 0.4) is 0 Å². The molecule has 2 aromatic rings. The van der Waals surface area contributed by atoms with Crippen molar-refractivity contribution in [2.75, 3.05) is 33.2 Å². The van der Waals surface area contributed by atoms with Gasteiger partial charge in [-0.15, -0.1) is 0 Å². The Hall–Kier alpha value is -2.94. The zero-order chi connectivity index (χ0) is 21.6. The molecule has 9 heteroatoms. The number of aromatic nitrogens is 2. The summed E-state index contributed by atoms with van der Waals surface area (Å²) in [5.74, 6) is 1.55. The van der Waals surface area contributed by atoms with E-state index in [1.165, 1.54) is 37.3 Å². The van der Waals surface area contributed by atoms with Crippen LogP contribution >= 0.6 is 0 Å². The molecule has 0 aliphatic carbocycles. The molecule has 4 rings (SSSR count).